The first-order valence-corrected chi connectivity index (χ1v) is 7.63. The van der Waals surface area contributed by atoms with E-state index in [1.165, 1.54) is 5.56 Å². The molecule has 2 amide bonds. The van der Waals surface area contributed by atoms with E-state index in [1.54, 1.807) is 11.8 Å². The van der Waals surface area contributed by atoms with Crippen LogP contribution in [0.1, 0.15) is 12.5 Å². The normalized spacial score (nSPS) is 15.7. The van der Waals surface area contributed by atoms with Gasteiger partial charge in [0, 0.05) is 32.7 Å². The Hall–Kier alpha value is -1.34. The van der Waals surface area contributed by atoms with Crippen LogP contribution < -0.4 is 11.1 Å². The molecule has 1 saturated heterocycles. The molecule has 0 unspecified atom stereocenters. The van der Waals surface area contributed by atoms with Gasteiger partial charge in [-0.15, -0.1) is 24.8 Å². The molecule has 1 atom stereocenters. The summed E-state index contributed by atoms with van der Waals surface area (Å²) in [5.74, 6) is -0.343. The first kappa shape index (κ1) is 22.7. The van der Waals surface area contributed by atoms with Crippen molar-refractivity contribution in [3.8, 4) is 0 Å². The van der Waals surface area contributed by atoms with Crippen molar-refractivity contribution in [1.29, 1.82) is 0 Å². The molecular formula is C16H26Cl2N4O2. The standard InChI is InChI=1S/C16H24N4O2.2ClH/c1-13(17)16(22)18-11-15(21)20-9-7-19(8-10-20)12-14-5-3-2-4-6-14;;/h2-6,13H,7-12,17H2,1H3,(H,18,22);2*1H/t13-;;/m1../s1. The Labute approximate surface area is 155 Å². The van der Waals surface area contributed by atoms with Crippen LogP contribution in [0, 0.1) is 0 Å². The number of nitrogens with two attached hydrogens (primary N) is 1. The van der Waals surface area contributed by atoms with Crippen LogP contribution >= 0.6 is 24.8 Å². The quantitative estimate of drug-likeness (QED) is 0.790. The van der Waals surface area contributed by atoms with E-state index in [1.807, 2.05) is 18.2 Å². The highest BCUT2D eigenvalue weighted by molar-refractivity contribution is 5.87. The Bertz CT molecular complexity index is 506. The molecule has 0 aliphatic carbocycles. The van der Waals surface area contributed by atoms with E-state index in [9.17, 15) is 9.59 Å². The maximum atomic E-state index is 12.0. The van der Waals surface area contributed by atoms with E-state index < -0.39 is 6.04 Å². The molecule has 1 fully saturated rings. The lowest BCUT2D eigenvalue weighted by Gasteiger charge is -2.34. The Morgan fingerprint density at radius 2 is 1.71 bits per heavy atom. The van der Waals surface area contributed by atoms with Crippen LogP contribution in [0.5, 0.6) is 0 Å². The Morgan fingerprint density at radius 3 is 2.25 bits per heavy atom. The van der Waals surface area contributed by atoms with Crippen molar-refractivity contribution in [3.05, 3.63) is 35.9 Å². The van der Waals surface area contributed by atoms with Crippen molar-refractivity contribution in [2.45, 2.75) is 19.5 Å². The highest BCUT2D eigenvalue weighted by Gasteiger charge is 2.21. The molecule has 1 aliphatic heterocycles. The number of hydrogen-bond acceptors (Lipinski definition) is 4. The molecule has 136 valence electrons. The second-order valence-corrected chi connectivity index (χ2v) is 5.65. The first-order chi connectivity index (χ1) is 10.6. The van der Waals surface area contributed by atoms with Gasteiger partial charge in [-0.1, -0.05) is 30.3 Å². The topological polar surface area (TPSA) is 78.7 Å². The predicted octanol–water partition coefficient (Wildman–Crippen LogP) is 0.638. The molecule has 6 nitrogen and oxygen atoms in total. The highest BCUT2D eigenvalue weighted by atomic mass is 35.5. The number of hydrogen-bond donors (Lipinski definition) is 2. The number of amides is 2. The first-order valence-electron chi connectivity index (χ1n) is 7.63. The van der Waals surface area contributed by atoms with Gasteiger partial charge in [-0.25, -0.2) is 0 Å². The summed E-state index contributed by atoms with van der Waals surface area (Å²) in [6.07, 6.45) is 0. The fraction of sp³-hybridized carbons (Fsp3) is 0.500. The number of piperazine rings is 1. The van der Waals surface area contributed by atoms with Gasteiger partial charge in [-0.2, -0.15) is 0 Å². The molecule has 24 heavy (non-hydrogen) atoms. The van der Waals surface area contributed by atoms with Gasteiger partial charge in [-0.05, 0) is 12.5 Å². The van der Waals surface area contributed by atoms with E-state index >= 15 is 0 Å². The van der Waals surface area contributed by atoms with E-state index in [-0.39, 0.29) is 43.2 Å². The third-order valence-electron chi connectivity index (χ3n) is 3.80. The zero-order valence-electron chi connectivity index (χ0n) is 13.8. The van der Waals surface area contributed by atoms with Crippen LogP contribution in [-0.2, 0) is 16.1 Å². The Kier molecular flexibility index (Phi) is 10.6. The predicted molar refractivity (Wildman–Crippen MR) is 99.5 cm³/mol. The SMILES string of the molecule is C[C@@H](N)C(=O)NCC(=O)N1CCN(Cc2ccccc2)CC1.Cl.Cl. The fourth-order valence-corrected chi connectivity index (χ4v) is 2.43. The van der Waals surface area contributed by atoms with Crippen LogP contribution in [0.15, 0.2) is 30.3 Å². The molecule has 0 bridgehead atoms. The monoisotopic (exact) mass is 376 g/mol. The lowest BCUT2D eigenvalue weighted by Crippen LogP contribution is -2.51. The smallest absolute Gasteiger partial charge is 0.242 e. The lowest BCUT2D eigenvalue weighted by atomic mass is 10.2. The van der Waals surface area contributed by atoms with E-state index in [0.717, 1.165) is 19.6 Å². The van der Waals surface area contributed by atoms with Crippen molar-refractivity contribution in [3.63, 3.8) is 0 Å². The van der Waals surface area contributed by atoms with Gasteiger partial charge in [0.05, 0.1) is 12.6 Å². The molecular weight excluding hydrogens is 351 g/mol. The summed E-state index contributed by atoms with van der Waals surface area (Å²) in [4.78, 5) is 27.5. The molecule has 8 heteroatoms. The van der Waals surface area contributed by atoms with Crippen molar-refractivity contribution in [2.75, 3.05) is 32.7 Å². The van der Waals surface area contributed by atoms with E-state index in [0.29, 0.717) is 13.1 Å². The molecule has 1 aromatic rings. The van der Waals surface area contributed by atoms with Crippen LogP contribution in [0.3, 0.4) is 0 Å². The number of halogens is 2. The summed E-state index contributed by atoms with van der Waals surface area (Å²) < 4.78 is 0. The van der Waals surface area contributed by atoms with Crippen LogP contribution in [0.25, 0.3) is 0 Å². The number of nitrogens with zero attached hydrogens (tertiary/aromatic N) is 2. The van der Waals surface area contributed by atoms with Gasteiger partial charge in [0.1, 0.15) is 0 Å². The molecule has 0 aromatic heterocycles. The van der Waals surface area contributed by atoms with Gasteiger partial charge in [0.25, 0.3) is 0 Å². The Morgan fingerprint density at radius 1 is 1.12 bits per heavy atom. The molecule has 0 spiro atoms. The molecule has 0 radical (unpaired) electrons. The maximum absolute atomic E-state index is 12.0. The summed E-state index contributed by atoms with van der Waals surface area (Å²) in [5.41, 5.74) is 6.73. The number of benzene rings is 1. The van der Waals surface area contributed by atoms with E-state index in [2.05, 4.69) is 22.3 Å². The van der Waals surface area contributed by atoms with Crippen LogP contribution in [0.2, 0.25) is 0 Å². The third-order valence-corrected chi connectivity index (χ3v) is 3.80. The number of carbonyl (C=O) groups excluding carboxylic acids is 2. The molecule has 1 heterocycles. The van der Waals surface area contributed by atoms with Crippen LogP contribution in [0.4, 0.5) is 0 Å². The Balaban J connectivity index is 0.00000264. The number of nitrogens with one attached hydrogen (secondary N) is 1. The van der Waals surface area contributed by atoms with Gasteiger partial charge in [-0.3, -0.25) is 14.5 Å². The summed E-state index contributed by atoms with van der Waals surface area (Å²) in [7, 11) is 0. The summed E-state index contributed by atoms with van der Waals surface area (Å²) in [6, 6.07) is 9.72. The van der Waals surface area contributed by atoms with Gasteiger partial charge >= 0.3 is 0 Å². The van der Waals surface area contributed by atoms with Crippen LogP contribution in [-0.4, -0.2) is 60.4 Å². The largest absolute Gasteiger partial charge is 0.346 e. The second-order valence-electron chi connectivity index (χ2n) is 5.65. The van der Waals surface area contributed by atoms with Gasteiger partial charge in [0.15, 0.2) is 0 Å². The van der Waals surface area contributed by atoms with Crippen molar-refractivity contribution in [1.82, 2.24) is 15.1 Å². The van der Waals surface area contributed by atoms with E-state index in [4.69, 9.17) is 5.73 Å². The highest BCUT2D eigenvalue weighted by Crippen LogP contribution is 2.08. The minimum atomic E-state index is -0.587. The molecule has 2 rings (SSSR count). The number of carbonyl (C=O) groups is 2. The summed E-state index contributed by atoms with van der Waals surface area (Å²) in [6.45, 7) is 5.62. The van der Waals surface area contributed by atoms with Crippen molar-refractivity contribution < 1.29 is 9.59 Å². The second kappa shape index (κ2) is 11.3. The van der Waals surface area contributed by atoms with Crippen molar-refractivity contribution >= 4 is 36.6 Å². The zero-order valence-corrected chi connectivity index (χ0v) is 15.4. The minimum absolute atomic E-state index is 0. The maximum Gasteiger partial charge on any atom is 0.242 e. The molecule has 1 aromatic carbocycles. The zero-order chi connectivity index (χ0) is 15.9. The minimum Gasteiger partial charge on any atom is -0.346 e. The molecule has 0 saturated carbocycles. The third kappa shape index (κ3) is 7.05. The lowest BCUT2D eigenvalue weighted by molar-refractivity contribution is -0.134. The average Bonchev–Trinajstić information content (AvgIpc) is 2.54. The van der Waals surface area contributed by atoms with Gasteiger partial charge < -0.3 is 16.0 Å². The average molecular weight is 377 g/mol. The molecule has 3 N–H and O–H groups in total. The molecule has 1 aliphatic rings. The fourth-order valence-electron chi connectivity index (χ4n) is 2.43. The summed E-state index contributed by atoms with van der Waals surface area (Å²) >= 11 is 0. The number of rotatable bonds is 5. The summed E-state index contributed by atoms with van der Waals surface area (Å²) in [5, 5.41) is 2.56. The van der Waals surface area contributed by atoms with Gasteiger partial charge in [0.2, 0.25) is 11.8 Å². The van der Waals surface area contributed by atoms with Crippen molar-refractivity contribution in [2.24, 2.45) is 5.73 Å².